The van der Waals surface area contributed by atoms with E-state index in [1.165, 1.54) is 32.6 Å². The maximum absolute atomic E-state index is 15.0. The van der Waals surface area contributed by atoms with E-state index in [1.54, 1.807) is 13.0 Å². The number of ether oxygens (including phenoxy) is 2. The molecule has 0 radical (unpaired) electrons. The summed E-state index contributed by atoms with van der Waals surface area (Å²) < 4.78 is 26.8. The third-order valence-corrected chi connectivity index (χ3v) is 8.21. The number of halogens is 1. The number of hydrogen-bond acceptors (Lipinski definition) is 6. The van der Waals surface area contributed by atoms with Gasteiger partial charge in [-0.1, -0.05) is 56.5 Å². The number of aromatic nitrogens is 1. The minimum absolute atomic E-state index is 0.137. The van der Waals surface area contributed by atoms with Crippen molar-refractivity contribution >= 4 is 5.97 Å². The first kappa shape index (κ1) is 30.0. The maximum Gasteiger partial charge on any atom is 0.306 e. The minimum atomic E-state index is -0.803. The fraction of sp³-hybridized carbons (Fsp3) is 0.471. The molecule has 3 aromatic rings. The lowest BCUT2D eigenvalue weighted by Gasteiger charge is -2.33. The number of nitrogens with zero attached hydrogens (tertiary/aromatic N) is 3. The number of likely N-dealkylation sites (N-methyl/N-ethyl adjacent to an activating group) is 1. The van der Waals surface area contributed by atoms with Crippen LogP contribution in [0, 0.1) is 11.7 Å². The molecule has 224 valence electrons. The Kier molecular flexibility index (Phi) is 9.75. The number of fused-ring (bicyclic) bond motifs is 1. The van der Waals surface area contributed by atoms with Crippen molar-refractivity contribution < 1.29 is 23.8 Å². The highest BCUT2D eigenvalue weighted by Gasteiger charge is 2.25. The summed E-state index contributed by atoms with van der Waals surface area (Å²) in [7, 11) is 3.66. The average Bonchev–Trinajstić information content (AvgIpc) is 3.88. The van der Waals surface area contributed by atoms with Crippen LogP contribution in [0.1, 0.15) is 61.0 Å². The van der Waals surface area contributed by atoms with Crippen molar-refractivity contribution in [3.05, 3.63) is 76.7 Å². The van der Waals surface area contributed by atoms with E-state index >= 15 is 4.39 Å². The monoisotopic (exact) mass is 575 g/mol. The lowest BCUT2D eigenvalue weighted by Crippen LogP contribution is -2.43. The first-order valence-corrected chi connectivity index (χ1v) is 15.1. The van der Waals surface area contributed by atoms with Crippen LogP contribution in [0.15, 0.2) is 48.7 Å². The third-order valence-electron chi connectivity index (χ3n) is 8.21. The van der Waals surface area contributed by atoms with Crippen LogP contribution in [-0.2, 0) is 24.2 Å². The highest BCUT2D eigenvalue weighted by atomic mass is 19.1. The lowest BCUT2D eigenvalue weighted by atomic mass is 9.91. The van der Waals surface area contributed by atoms with Crippen molar-refractivity contribution in [1.29, 1.82) is 0 Å². The van der Waals surface area contributed by atoms with Gasteiger partial charge in [0.2, 0.25) is 5.88 Å². The van der Waals surface area contributed by atoms with Crippen LogP contribution < -0.4 is 9.47 Å². The third kappa shape index (κ3) is 7.66. The summed E-state index contributed by atoms with van der Waals surface area (Å²) in [6.07, 6.45) is 7.75. The van der Waals surface area contributed by atoms with Gasteiger partial charge >= 0.3 is 5.97 Å². The van der Waals surface area contributed by atoms with E-state index in [1.807, 2.05) is 24.3 Å². The molecule has 6 rings (SSSR count). The molecule has 3 heterocycles. The summed E-state index contributed by atoms with van der Waals surface area (Å²) in [5.41, 5.74) is 5.50. The number of aliphatic carboxylic acids is 1. The molecule has 2 aliphatic heterocycles. The van der Waals surface area contributed by atoms with Crippen molar-refractivity contribution in [3.63, 3.8) is 0 Å². The van der Waals surface area contributed by atoms with Crippen LogP contribution in [0.5, 0.6) is 11.6 Å². The molecule has 2 unspecified atom stereocenters. The Hall–Kier alpha value is -3.49. The van der Waals surface area contributed by atoms with E-state index in [-0.39, 0.29) is 11.9 Å². The van der Waals surface area contributed by atoms with E-state index in [0.29, 0.717) is 24.4 Å². The normalized spacial score (nSPS) is 19.1. The number of aryl methyl sites for hydroxylation is 1. The van der Waals surface area contributed by atoms with Gasteiger partial charge in [-0.2, -0.15) is 0 Å². The number of rotatable bonds is 8. The molecule has 0 amide bonds. The number of piperazine rings is 1. The second kappa shape index (κ2) is 13.7. The van der Waals surface area contributed by atoms with E-state index in [9.17, 15) is 9.90 Å². The summed E-state index contributed by atoms with van der Waals surface area (Å²) in [6, 6.07) is 13.9. The summed E-state index contributed by atoms with van der Waals surface area (Å²) in [4.78, 5) is 20.1. The molecule has 7 nitrogen and oxygen atoms in total. The number of hydrogen-bond donors (Lipinski definition) is 1. The molecule has 3 aliphatic rings. The van der Waals surface area contributed by atoms with E-state index in [4.69, 9.17) is 9.47 Å². The van der Waals surface area contributed by atoms with Crippen molar-refractivity contribution in [2.75, 3.05) is 40.3 Å². The molecule has 42 heavy (non-hydrogen) atoms. The molecule has 8 heteroatoms. The summed E-state index contributed by atoms with van der Waals surface area (Å²) in [5.74, 6) is -0.451. The Morgan fingerprint density at radius 2 is 1.86 bits per heavy atom. The van der Waals surface area contributed by atoms with Crippen LogP contribution in [0.2, 0.25) is 0 Å². The van der Waals surface area contributed by atoms with E-state index < -0.39 is 11.9 Å². The molecule has 1 aromatic heterocycles. The highest BCUT2D eigenvalue weighted by Crippen LogP contribution is 2.38. The van der Waals surface area contributed by atoms with Gasteiger partial charge in [0.25, 0.3) is 0 Å². The van der Waals surface area contributed by atoms with Crippen LogP contribution >= 0.6 is 0 Å². The SMILES string of the molecule is C1CC1.COc1cc(-c2ccc(C3CCc4ccc(CC(C)C(=O)O)cc4O3)cc2CN2CCN(C)CC2)c(F)cn1. The summed E-state index contributed by atoms with van der Waals surface area (Å²) in [6.45, 7) is 6.33. The lowest BCUT2D eigenvalue weighted by molar-refractivity contribution is -0.141. The van der Waals surface area contributed by atoms with Crippen molar-refractivity contribution in [2.24, 2.45) is 5.92 Å². The number of carboxylic acid groups (broad SMARTS) is 1. The average molecular weight is 576 g/mol. The minimum Gasteiger partial charge on any atom is -0.485 e. The van der Waals surface area contributed by atoms with Crippen LogP contribution in [0.3, 0.4) is 0 Å². The highest BCUT2D eigenvalue weighted by molar-refractivity contribution is 5.70. The van der Waals surface area contributed by atoms with E-state index in [0.717, 1.165) is 72.6 Å². The molecule has 1 N–H and O–H groups in total. The van der Waals surface area contributed by atoms with Gasteiger partial charge in [-0.05, 0) is 60.2 Å². The molecular weight excluding hydrogens is 533 g/mol. The van der Waals surface area contributed by atoms with Gasteiger partial charge < -0.3 is 19.5 Å². The molecular formula is C34H42FN3O4. The predicted molar refractivity (Wildman–Crippen MR) is 161 cm³/mol. The largest absolute Gasteiger partial charge is 0.485 e. The van der Waals surface area contributed by atoms with Crippen molar-refractivity contribution in [2.45, 2.75) is 58.1 Å². The quantitative estimate of drug-likeness (QED) is 0.346. The Labute approximate surface area is 248 Å². The van der Waals surface area contributed by atoms with Crippen LogP contribution in [0.4, 0.5) is 4.39 Å². The Balaban J connectivity index is 0.00000110. The Morgan fingerprint density at radius 3 is 2.55 bits per heavy atom. The predicted octanol–water partition coefficient (Wildman–Crippen LogP) is 6.14. The Bertz CT molecular complexity index is 1380. The second-order valence-electron chi connectivity index (χ2n) is 11.8. The summed E-state index contributed by atoms with van der Waals surface area (Å²) >= 11 is 0. The Morgan fingerprint density at radius 1 is 1.10 bits per heavy atom. The fourth-order valence-electron chi connectivity index (χ4n) is 5.41. The standard InChI is InChI=1S/C31H36FN3O4.C3H6/c1-20(31(36)37)14-21-4-5-22-7-9-28(39-29(22)15-21)23-6-8-25(26-17-30(38-3)33-18-27(26)32)24(16-23)19-35-12-10-34(2)11-13-35;1-2-3-1/h4-6,8,15-18,20,28H,7,9-14,19H2,1-3H3,(H,36,37);1-3H2. The van der Waals surface area contributed by atoms with Gasteiger partial charge in [0.15, 0.2) is 0 Å². The number of methoxy groups -OCH3 is 1. The zero-order valence-electron chi connectivity index (χ0n) is 24.9. The zero-order chi connectivity index (χ0) is 29.6. The number of carboxylic acids is 1. The molecule has 1 saturated carbocycles. The first-order chi connectivity index (χ1) is 20.3. The van der Waals surface area contributed by atoms with Crippen LogP contribution in [-0.4, -0.2) is 66.2 Å². The number of benzene rings is 2. The molecule has 2 fully saturated rings. The first-order valence-electron chi connectivity index (χ1n) is 15.1. The molecule has 0 spiro atoms. The van der Waals surface area contributed by atoms with E-state index in [2.05, 4.69) is 34.0 Å². The fourth-order valence-corrected chi connectivity index (χ4v) is 5.41. The smallest absolute Gasteiger partial charge is 0.306 e. The van der Waals surface area contributed by atoms with Gasteiger partial charge in [-0.3, -0.25) is 9.69 Å². The van der Waals surface area contributed by atoms with Gasteiger partial charge in [0.1, 0.15) is 17.7 Å². The molecule has 1 saturated heterocycles. The topological polar surface area (TPSA) is 75.1 Å². The molecule has 2 aromatic carbocycles. The zero-order valence-corrected chi connectivity index (χ0v) is 24.9. The molecule has 2 atom stereocenters. The second-order valence-corrected chi connectivity index (χ2v) is 11.8. The molecule has 1 aliphatic carbocycles. The van der Waals surface area contributed by atoms with Gasteiger partial charge in [0.05, 0.1) is 19.2 Å². The van der Waals surface area contributed by atoms with Crippen molar-refractivity contribution in [3.8, 4) is 22.8 Å². The maximum atomic E-state index is 15.0. The summed E-state index contributed by atoms with van der Waals surface area (Å²) in [5, 5.41) is 9.31. The van der Waals surface area contributed by atoms with Crippen molar-refractivity contribution in [1.82, 2.24) is 14.8 Å². The van der Waals surface area contributed by atoms with Gasteiger partial charge in [0, 0.05) is 44.4 Å². The van der Waals surface area contributed by atoms with Gasteiger partial charge in [-0.25, -0.2) is 9.37 Å². The van der Waals surface area contributed by atoms with Crippen LogP contribution in [0.25, 0.3) is 11.1 Å². The number of carbonyl (C=O) groups is 1. The van der Waals surface area contributed by atoms with Gasteiger partial charge in [-0.15, -0.1) is 0 Å². The molecule has 0 bridgehead atoms. The number of pyridine rings is 1.